The van der Waals surface area contributed by atoms with Gasteiger partial charge in [0.05, 0.1) is 11.0 Å². The molecule has 4 aromatic carbocycles. The number of hydrogen-bond donors (Lipinski definition) is 0. The molecule has 35 heavy (non-hydrogen) atoms. The first-order valence-electron chi connectivity index (χ1n) is 11.4. The quantitative estimate of drug-likeness (QED) is 0.223. The zero-order valence-corrected chi connectivity index (χ0v) is 21.0. The highest BCUT2D eigenvalue weighted by Crippen LogP contribution is 2.28. The van der Waals surface area contributed by atoms with Gasteiger partial charge in [0, 0.05) is 34.9 Å². The largest absolute Gasteiger partial charge is 0.256 e. The second kappa shape index (κ2) is 12.3. The molecule has 0 amide bonds. The van der Waals surface area contributed by atoms with Crippen LogP contribution in [0.2, 0.25) is 0 Å². The summed E-state index contributed by atoms with van der Waals surface area (Å²) in [6.07, 6.45) is 3.62. The van der Waals surface area contributed by atoms with Gasteiger partial charge in [-0.15, -0.1) is 23.2 Å². The van der Waals surface area contributed by atoms with Crippen molar-refractivity contribution in [3.8, 4) is 0 Å². The Balaban J connectivity index is 0.000000128. The van der Waals surface area contributed by atoms with Crippen molar-refractivity contribution in [3.05, 3.63) is 132 Å². The van der Waals surface area contributed by atoms with E-state index in [-0.39, 0.29) is 0 Å². The van der Waals surface area contributed by atoms with Crippen molar-refractivity contribution in [2.45, 2.75) is 18.7 Å². The van der Waals surface area contributed by atoms with Gasteiger partial charge in [0.1, 0.15) is 0 Å². The summed E-state index contributed by atoms with van der Waals surface area (Å²) in [7, 11) is 0. The maximum atomic E-state index is 5.97. The van der Waals surface area contributed by atoms with Gasteiger partial charge in [0.2, 0.25) is 0 Å². The van der Waals surface area contributed by atoms with Crippen LogP contribution in [0.15, 0.2) is 116 Å². The monoisotopic (exact) mass is 496 g/mol. The van der Waals surface area contributed by atoms with Gasteiger partial charge < -0.3 is 0 Å². The molecule has 2 aromatic heterocycles. The number of pyridine rings is 2. The second-order valence-electron chi connectivity index (χ2n) is 8.04. The molecule has 0 spiro atoms. The fourth-order valence-electron chi connectivity index (χ4n) is 3.98. The van der Waals surface area contributed by atoms with Crippen molar-refractivity contribution < 1.29 is 0 Å². The van der Waals surface area contributed by atoms with Crippen LogP contribution in [0.3, 0.4) is 0 Å². The highest BCUT2D eigenvalue weighted by atomic mass is 35.5. The Labute approximate surface area is 216 Å². The van der Waals surface area contributed by atoms with Crippen LogP contribution in [0.5, 0.6) is 0 Å². The van der Waals surface area contributed by atoms with Crippen LogP contribution in [0.25, 0.3) is 32.6 Å². The molecule has 0 saturated carbocycles. The number of aromatic nitrogens is 2. The smallest absolute Gasteiger partial charge is 0.0701 e. The molecule has 0 bridgehead atoms. The molecule has 0 aliphatic heterocycles. The zero-order valence-electron chi connectivity index (χ0n) is 19.5. The van der Waals surface area contributed by atoms with Gasteiger partial charge in [-0.25, -0.2) is 0 Å². The molecule has 0 radical (unpaired) electrons. The van der Waals surface area contributed by atoms with Gasteiger partial charge in [0.25, 0.3) is 0 Å². The van der Waals surface area contributed by atoms with Gasteiger partial charge in [-0.1, -0.05) is 78.9 Å². The molecule has 0 aliphatic rings. The first-order valence-corrected chi connectivity index (χ1v) is 12.5. The van der Waals surface area contributed by atoms with Gasteiger partial charge in [-0.2, -0.15) is 0 Å². The first kappa shape index (κ1) is 24.7. The lowest BCUT2D eigenvalue weighted by Crippen LogP contribution is -1.92. The predicted octanol–water partition coefficient (Wildman–Crippen LogP) is 9.10. The van der Waals surface area contributed by atoms with E-state index in [0.717, 1.165) is 11.0 Å². The van der Waals surface area contributed by atoms with E-state index < -0.39 is 0 Å². The van der Waals surface area contributed by atoms with E-state index in [2.05, 4.69) is 59.4 Å². The van der Waals surface area contributed by atoms with Crippen molar-refractivity contribution >= 4 is 55.8 Å². The summed E-state index contributed by atoms with van der Waals surface area (Å²) in [5, 5.41) is 4.84. The summed E-state index contributed by atoms with van der Waals surface area (Å²) in [5.74, 6) is 1.10. The Morgan fingerprint density at radius 1 is 0.571 bits per heavy atom. The Bertz CT molecular complexity index is 1340. The molecule has 2 nitrogen and oxygen atoms in total. The Kier molecular flexibility index (Phi) is 8.67. The molecule has 2 heterocycles. The van der Waals surface area contributed by atoms with Crippen molar-refractivity contribution in [1.29, 1.82) is 0 Å². The average Bonchev–Trinajstić information content (AvgIpc) is 2.93. The predicted molar refractivity (Wildman–Crippen MR) is 151 cm³/mol. The number of alkyl halides is 2. The van der Waals surface area contributed by atoms with Gasteiger partial charge >= 0.3 is 0 Å². The lowest BCUT2D eigenvalue weighted by molar-refractivity contribution is 1.30. The van der Waals surface area contributed by atoms with E-state index in [4.69, 9.17) is 23.2 Å². The summed E-state index contributed by atoms with van der Waals surface area (Å²) < 4.78 is 0. The van der Waals surface area contributed by atoms with Gasteiger partial charge in [0.15, 0.2) is 0 Å². The van der Waals surface area contributed by atoms with Crippen molar-refractivity contribution in [1.82, 2.24) is 9.97 Å². The van der Waals surface area contributed by atoms with Gasteiger partial charge in [-0.05, 0) is 58.7 Å². The number of benzene rings is 4. The molecule has 0 atom stereocenters. The summed E-state index contributed by atoms with van der Waals surface area (Å²) in [6.45, 7) is 2.08. The molecule has 0 aliphatic carbocycles. The van der Waals surface area contributed by atoms with Crippen LogP contribution < -0.4 is 0 Å². The van der Waals surface area contributed by atoms with E-state index >= 15 is 0 Å². The van der Waals surface area contributed by atoms with Crippen LogP contribution in [-0.2, 0) is 11.8 Å². The third-order valence-corrected chi connectivity index (χ3v) is 6.32. The number of nitrogens with zero attached hydrogens (tertiary/aromatic N) is 2. The lowest BCUT2D eigenvalue weighted by atomic mass is 9.97. The maximum Gasteiger partial charge on any atom is 0.0701 e. The fraction of sp³-hybridized carbons (Fsp3) is 0.0968. The lowest BCUT2D eigenvalue weighted by Gasteiger charge is -2.11. The van der Waals surface area contributed by atoms with Crippen LogP contribution in [0.1, 0.15) is 16.7 Å². The molecule has 174 valence electrons. The second-order valence-corrected chi connectivity index (χ2v) is 8.57. The summed E-state index contributed by atoms with van der Waals surface area (Å²) in [4.78, 5) is 8.36. The number of rotatable bonds is 2. The van der Waals surface area contributed by atoms with Crippen LogP contribution >= 0.6 is 23.2 Å². The van der Waals surface area contributed by atoms with Crippen molar-refractivity contribution in [3.63, 3.8) is 0 Å². The minimum absolute atomic E-state index is 0.546. The first-order chi connectivity index (χ1) is 17.2. The third kappa shape index (κ3) is 6.16. The Morgan fingerprint density at radius 2 is 1.06 bits per heavy atom. The van der Waals surface area contributed by atoms with Crippen LogP contribution in [0, 0.1) is 6.92 Å². The molecule has 6 rings (SSSR count). The maximum absolute atomic E-state index is 5.97. The highest BCUT2D eigenvalue weighted by molar-refractivity contribution is 6.19. The molecule has 4 heteroatoms. The zero-order chi connectivity index (χ0) is 24.5. The molecular formula is C31H26Cl2N2. The number of aryl methyl sites for hydroxylation is 1. The van der Waals surface area contributed by atoms with Gasteiger partial charge in [-0.3, -0.25) is 9.97 Å². The summed E-state index contributed by atoms with van der Waals surface area (Å²) in [6, 6.07) is 34.6. The minimum Gasteiger partial charge on any atom is -0.256 e. The Morgan fingerprint density at radius 3 is 1.57 bits per heavy atom. The summed E-state index contributed by atoms with van der Waals surface area (Å²) >= 11 is 11.9. The third-order valence-electron chi connectivity index (χ3n) is 5.77. The molecule has 0 saturated heterocycles. The van der Waals surface area contributed by atoms with E-state index in [1.54, 1.807) is 0 Å². The minimum atomic E-state index is 0.546. The number of halogens is 2. The van der Waals surface area contributed by atoms with Crippen LogP contribution in [-0.4, -0.2) is 9.97 Å². The van der Waals surface area contributed by atoms with E-state index in [9.17, 15) is 0 Å². The highest BCUT2D eigenvalue weighted by Gasteiger charge is 2.07. The molecule has 0 unspecified atom stereocenters. The number of hydrogen-bond acceptors (Lipinski definition) is 2. The average molecular weight is 497 g/mol. The number of para-hydroxylation sites is 2. The van der Waals surface area contributed by atoms with E-state index in [1.807, 2.05) is 73.1 Å². The number of fused-ring (bicyclic) bond motifs is 3. The molecule has 0 N–H and O–H groups in total. The normalized spacial score (nSPS) is 10.4. The SMILES string of the molecule is Cc1cc(CCl)c2ccccc2c1CCl.c1ccc2ncccc2c1.c1ccc2ncccc2c1. The van der Waals surface area contributed by atoms with Crippen molar-refractivity contribution in [2.75, 3.05) is 0 Å². The van der Waals surface area contributed by atoms with Crippen molar-refractivity contribution in [2.24, 2.45) is 0 Å². The molecule has 0 fully saturated rings. The fourth-order valence-corrected chi connectivity index (χ4v) is 4.56. The summed E-state index contributed by atoms with van der Waals surface area (Å²) in [5.41, 5.74) is 5.73. The standard InChI is InChI=1S/C13H12Cl2.2C9H7N/c1-9-6-10(7-14)11-4-2-3-5-12(11)13(9)8-15;2*1-2-6-9-8(4-1)5-3-7-10-9/h2-6H,7-8H2,1H3;2*1-7H. The molecule has 6 aromatic rings. The Hall–Kier alpha value is -3.46. The van der Waals surface area contributed by atoms with Crippen LogP contribution in [0.4, 0.5) is 0 Å². The molecular weight excluding hydrogens is 471 g/mol. The topological polar surface area (TPSA) is 25.8 Å². The van der Waals surface area contributed by atoms with E-state index in [1.165, 1.54) is 38.2 Å². The van der Waals surface area contributed by atoms with E-state index in [0.29, 0.717) is 11.8 Å².